The average molecular weight is 246 g/mol. The standard InChI is InChI=1S/C16H26N2/c1-13(2)16(11-17-3)18-10-9-15(12-18)14-7-5-4-6-8-14/h4-8,13,15-17H,9-12H2,1-3H3. The number of rotatable bonds is 5. The summed E-state index contributed by atoms with van der Waals surface area (Å²) in [7, 11) is 2.06. The molecule has 1 fully saturated rings. The minimum atomic E-state index is 0.670. The molecule has 1 aliphatic heterocycles. The maximum Gasteiger partial charge on any atom is 0.0243 e. The SMILES string of the molecule is CNCC(C(C)C)N1CCC(c2ccccc2)C1. The zero-order valence-electron chi connectivity index (χ0n) is 11.9. The van der Waals surface area contributed by atoms with E-state index in [0.29, 0.717) is 12.0 Å². The van der Waals surface area contributed by atoms with E-state index >= 15 is 0 Å². The molecule has 1 aromatic rings. The normalized spacial score (nSPS) is 22.6. The predicted molar refractivity (Wildman–Crippen MR) is 77.9 cm³/mol. The monoisotopic (exact) mass is 246 g/mol. The highest BCUT2D eigenvalue weighted by atomic mass is 15.2. The zero-order chi connectivity index (χ0) is 13.0. The molecule has 1 aromatic carbocycles. The number of hydrogen-bond donors (Lipinski definition) is 1. The zero-order valence-corrected chi connectivity index (χ0v) is 11.9. The predicted octanol–water partition coefficient (Wildman–Crippen LogP) is 2.72. The van der Waals surface area contributed by atoms with Gasteiger partial charge in [0, 0.05) is 19.1 Å². The van der Waals surface area contributed by atoms with Gasteiger partial charge in [0.25, 0.3) is 0 Å². The number of nitrogens with zero attached hydrogens (tertiary/aromatic N) is 1. The van der Waals surface area contributed by atoms with Crippen molar-refractivity contribution in [1.29, 1.82) is 0 Å². The van der Waals surface area contributed by atoms with Crippen LogP contribution in [0.2, 0.25) is 0 Å². The first-order valence-corrected chi connectivity index (χ1v) is 7.16. The van der Waals surface area contributed by atoms with Crippen molar-refractivity contribution in [2.75, 3.05) is 26.7 Å². The average Bonchev–Trinajstić information content (AvgIpc) is 2.86. The van der Waals surface area contributed by atoms with Crippen LogP contribution in [-0.2, 0) is 0 Å². The number of hydrogen-bond acceptors (Lipinski definition) is 2. The van der Waals surface area contributed by atoms with Gasteiger partial charge in [0.05, 0.1) is 0 Å². The smallest absolute Gasteiger partial charge is 0.0243 e. The molecule has 2 heteroatoms. The molecule has 18 heavy (non-hydrogen) atoms. The summed E-state index contributed by atoms with van der Waals surface area (Å²) in [6, 6.07) is 11.6. The molecule has 2 nitrogen and oxygen atoms in total. The number of nitrogens with one attached hydrogen (secondary N) is 1. The number of benzene rings is 1. The molecule has 0 spiro atoms. The number of likely N-dealkylation sites (N-methyl/N-ethyl adjacent to an activating group) is 1. The fourth-order valence-electron chi connectivity index (χ4n) is 3.08. The largest absolute Gasteiger partial charge is 0.318 e. The van der Waals surface area contributed by atoms with Crippen LogP contribution in [0.5, 0.6) is 0 Å². The summed E-state index contributed by atoms with van der Waals surface area (Å²) in [5.41, 5.74) is 1.51. The fraction of sp³-hybridized carbons (Fsp3) is 0.625. The van der Waals surface area contributed by atoms with Crippen molar-refractivity contribution in [1.82, 2.24) is 10.2 Å². The molecule has 0 bridgehead atoms. The third kappa shape index (κ3) is 3.12. The van der Waals surface area contributed by atoms with Gasteiger partial charge in [-0.3, -0.25) is 4.90 Å². The highest BCUT2D eigenvalue weighted by molar-refractivity contribution is 5.21. The van der Waals surface area contributed by atoms with E-state index in [-0.39, 0.29) is 0 Å². The van der Waals surface area contributed by atoms with Crippen LogP contribution in [-0.4, -0.2) is 37.6 Å². The van der Waals surface area contributed by atoms with Gasteiger partial charge in [-0.15, -0.1) is 0 Å². The summed E-state index contributed by atoms with van der Waals surface area (Å²) in [6.45, 7) is 8.22. The van der Waals surface area contributed by atoms with Gasteiger partial charge in [-0.05, 0) is 37.4 Å². The Morgan fingerprint density at radius 3 is 2.61 bits per heavy atom. The topological polar surface area (TPSA) is 15.3 Å². The molecule has 2 atom stereocenters. The van der Waals surface area contributed by atoms with Crippen molar-refractivity contribution in [3.05, 3.63) is 35.9 Å². The Morgan fingerprint density at radius 2 is 2.00 bits per heavy atom. The Kier molecular flexibility index (Phi) is 4.79. The van der Waals surface area contributed by atoms with Gasteiger partial charge in [0.2, 0.25) is 0 Å². The van der Waals surface area contributed by atoms with Gasteiger partial charge in [0.15, 0.2) is 0 Å². The maximum absolute atomic E-state index is 3.34. The second-order valence-corrected chi connectivity index (χ2v) is 5.76. The van der Waals surface area contributed by atoms with E-state index in [1.54, 1.807) is 0 Å². The Morgan fingerprint density at radius 1 is 1.28 bits per heavy atom. The molecular formula is C16H26N2. The maximum atomic E-state index is 3.34. The molecule has 0 saturated carbocycles. The summed E-state index contributed by atoms with van der Waals surface area (Å²) in [5.74, 6) is 1.44. The van der Waals surface area contributed by atoms with Crippen LogP contribution in [0.4, 0.5) is 0 Å². The molecule has 1 N–H and O–H groups in total. The van der Waals surface area contributed by atoms with Crippen molar-refractivity contribution >= 4 is 0 Å². The van der Waals surface area contributed by atoms with Gasteiger partial charge in [-0.1, -0.05) is 44.2 Å². The van der Waals surface area contributed by atoms with Gasteiger partial charge in [-0.2, -0.15) is 0 Å². The molecule has 2 unspecified atom stereocenters. The summed E-state index contributed by atoms with van der Waals surface area (Å²) < 4.78 is 0. The van der Waals surface area contributed by atoms with Gasteiger partial charge >= 0.3 is 0 Å². The quantitative estimate of drug-likeness (QED) is 0.859. The molecule has 0 aliphatic carbocycles. The van der Waals surface area contributed by atoms with E-state index < -0.39 is 0 Å². The molecule has 1 aliphatic rings. The highest BCUT2D eigenvalue weighted by Crippen LogP contribution is 2.29. The van der Waals surface area contributed by atoms with Crippen LogP contribution in [0.3, 0.4) is 0 Å². The van der Waals surface area contributed by atoms with Gasteiger partial charge < -0.3 is 5.32 Å². The molecular weight excluding hydrogens is 220 g/mol. The van der Waals surface area contributed by atoms with Crippen molar-refractivity contribution in [2.45, 2.75) is 32.2 Å². The Labute approximate surface area is 111 Å². The third-order valence-corrected chi connectivity index (χ3v) is 4.14. The first-order valence-electron chi connectivity index (χ1n) is 7.16. The van der Waals surface area contributed by atoms with Gasteiger partial charge in [-0.25, -0.2) is 0 Å². The lowest BCUT2D eigenvalue weighted by atomic mass is 9.98. The van der Waals surface area contributed by atoms with Crippen molar-refractivity contribution in [3.8, 4) is 0 Å². The van der Waals surface area contributed by atoms with E-state index in [4.69, 9.17) is 0 Å². The summed E-state index contributed by atoms with van der Waals surface area (Å²) in [4.78, 5) is 2.67. The van der Waals surface area contributed by atoms with Crippen molar-refractivity contribution in [2.24, 2.45) is 5.92 Å². The molecule has 0 aromatic heterocycles. The summed E-state index contributed by atoms with van der Waals surface area (Å²) >= 11 is 0. The van der Waals surface area contributed by atoms with E-state index in [0.717, 1.165) is 12.5 Å². The first kappa shape index (κ1) is 13.6. The Balaban J connectivity index is 1.99. The second-order valence-electron chi connectivity index (χ2n) is 5.76. The van der Waals surface area contributed by atoms with Crippen LogP contribution in [0, 0.1) is 5.92 Å². The molecule has 100 valence electrons. The fourth-order valence-corrected chi connectivity index (χ4v) is 3.08. The number of likely N-dealkylation sites (tertiary alicyclic amines) is 1. The first-order chi connectivity index (χ1) is 8.72. The van der Waals surface area contributed by atoms with Crippen LogP contribution >= 0.6 is 0 Å². The lowest BCUT2D eigenvalue weighted by Gasteiger charge is -2.31. The van der Waals surface area contributed by atoms with E-state index in [9.17, 15) is 0 Å². The lowest BCUT2D eigenvalue weighted by Crippen LogP contribution is -2.43. The van der Waals surface area contributed by atoms with Crippen LogP contribution in [0.15, 0.2) is 30.3 Å². The minimum absolute atomic E-state index is 0.670. The van der Waals surface area contributed by atoms with Crippen LogP contribution in [0.25, 0.3) is 0 Å². The molecule has 1 heterocycles. The van der Waals surface area contributed by atoms with Gasteiger partial charge in [0.1, 0.15) is 0 Å². The van der Waals surface area contributed by atoms with E-state index in [1.165, 1.54) is 25.1 Å². The molecule has 1 saturated heterocycles. The van der Waals surface area contributed by atoms with Crippen molar-refractivity contribution < 1.29 is 0 Å². The van der Waals surface area contributed by atoms with E-state index in [2.05, 4.69) is 61.4 Å². The third-order valence-electron chi connectivity index (χ3n) is 4.14. The molecule has 0 radical (unpaired) electrons. The lowest BCUT2D eigenvalue weighted by molar-refractivity contribution is 0.187. The highest BCUT2D eigenvalue weighted by Gasteiger charge is 2.29. The summed E-state index contributed by atoms with van der Waals surface area (Å²) in [6.07, 6.45) is 1.30. The summed E-state index contributed by atoms with van der Waals surface area (Å²) in [5, 5.41) is 3.34. The molecule has 0 amide bonds. The Hall–Kier alpha value is -0.860. The second kappa shape index (κ2) is 6.35. The van der Waals surface area contributed by atoms with Crippen LogP contribution < -0.4 is 5.32 Å². The van der Waals surface area contributed by atoms with Crippen molar-refractivity contribution in [3.63, 3.8) is 0 Å². The van der Waals surface area contributed by atoms with Crippen LogP contribution in [0.1, 0.15) is 31.7 Å². The molecule has 2 rings (SSSR count). The Bertz CT molecular complexity index is 347. The minimum Gasteiger partial charge on any atom is -0.318 e. The van der Waals surface area contributed by atoms with E-state index in [1.807, 2.05) is 0 Å².